The number of ether oxygens (including phenoxy) is 2. The van der Waals surface area contributed by atoms with E-state index in [4.69, 9.17) is 9.47 Å². The smallest absolute Gasteiger partial charge is 0.232 e. The second-order valence-corrected chi connectivity index (χ2v) is 9.25. The highest BCUT2D eigenvalue weighted by atomic mass is 32.2. The van der Waals surface area contributed by atoms with Crippen LogP contribution in [0.3, 0.4) is 0 Å². The molecule has 1 N–H and O–H groups in total. The Morgan fingerprint density at radius 2 is 1.72 bits per heavy atom. The number of methoxy groups -OCH3 is 1. The third kappa shape index (κ3) is 6.62. The first kappa shape index (κ1) is 23.4. The maximum atomic E-state index is 12.3. The largest absolute Gasteiger partial charge is 0.497 e. The molecule has 0 aliphatic carbocycles. The number of carbonyl (C=O) groups excluding carboxylic acids is 1. The van der Waals surface area contributed by atoms with Gasteiger partial charge in [-0.15, -0.1) is 0 Å². The van der Waals surface area contributed by atoms with Crippen LogP contribution in [0, 0.1) is 0 Å². The summed E-state index contributed by atoms with van der Waals surface area (Å²) in [6.45, 7) is 0.910. The van der Waals surface area contributed by atoms with Crippen molar-refractivity contribution in [2.45, 2.75) is 12.8 Å². The molecular formula is C24H28N2O5S. The normalized spacial score (nSPS) is 11.2. The molecule has 0 saturated carbocycles. The van der Waals surface area contributed by atoms with Gasteiger partial charge in [0.05, 0.1) is 25.6 Å². The minimum absolute atomic E-state index is 0.147. The van der Waals surface area contributed by atoms with Gasteiger partial charge >= 0.3 is 0 Å². The molecule has 0 unspecified atom stereocenters. The molecule has 0 heterocycles. The van der Waals surface area contributed by atoms with Gasteiger partial charge in [-0.05, 0) is 41.5 Å². The summed E-state index contributed by atoms with van der Waals surface area (Å²) in [7, 11) is -1.88. The Morgan fingerprint density at radius 3 is 2.47 bits per heavy atom. The lowest BCUT2D eigenvalue weighted by Gasteiger charge is -2.22. The summed E-state index contributed by atoms with van der Waals surface area (Å²) in [5.74, 6) is 1.22. The summed E-state index contributed by atoms with van der Waals surface area (Å²) in [5, 5.41) is 4.80. The summed E-state index contributed by atoms with van der Waals surface area (Å²) in [4.78, 5) is 12.1. The van der Waals surface area contributed by atoms with E-state index in [-0.39, 0.29) is 18.9 Å². The molecule has 170 valence electrons. The zero-order chi connectivity index (χ0) is 23.0. The van der Waals surface area contributed by atoms with Gasteiger partial charge in [-0.2, -0.15) is 0 Å². The van der Waals surface area contributed by atoms with Crippen molar-refractivity contribution in [3.05, 3.63) is 66.7 Å². The van der Waals surface area contributed by atoms with Crippen LogP contribution in [0.15, 0.2) is 66.7 Å². The molecule has 0 bridgehead atoms. The molecule has 0 saturated heterocycles. The third-order valence-corrected chi connectivity index (χ3v) is 6.11. The number of fused-ring (bicyclic) bond motifs is 1. The standard InChI is InChI=1S/C24H28N2O5S/c1-30-22-9-5-10-23(18-22)31-16-14-25-24(27)11-6-15-26(32(2,28)29)21-13-12-19-7-3-4-8-20(19)17-21/h3-5,7-10,12-13,17-18H,6,11,14-16H2,1-2H3,(H,25,27). The van der Waals surface area contributed by atoms with Crippen LogP contribution in [0.5, 0.6) is 11.5 Å². The monoisotopic (exact) mass is 456 g/mol. The molecule has 0 radical (unpaired) electrons. The maximum absolute atomic E-state index is 12.3. The van der Waals surface area contributed by atoms with E-state index in [0.717, 1.165) is 10.8 Å². The fraction of sp³-hybridized carbons (Fsp3) is 0.292. The summed E-state index contributed by atoms with van der Waals surface area (Å²) < 4.78 is 36.8. The van der Waals surface area contributed by atoms with Crippen molar-refractivity contribution >= 4 is 32.4 Å². The molecule has 3 rings (SSSR count). The van der Waals surface area contributed by atoms with Gasteiger partial charge in [0.15, 0.2) is 0 Å². The van der Waals surface area contributed by atoms with Gasteiger partial charge < -0.3 is 14.8 Å². The van der Waals surface area contributed by atoms with Crippen LogP contribution in [0.2, 0.25) is 0 Å². The molecule has 0 aliphatic rings. The Labute approximate surface area is 189 Å². The van der Waals surface area contributed by atoms with E-state index in [1.165, 1.54) is 10.6 Å². The Hall–Kier alpha value is -3.26. The Morgan fingerprint density at radius 1 is 0.969 bits per heavy atom. The van der Waals surface area contributed by atoms with Crippen LogP contribution in [0.25, 0.3) is 10.8 Å². The van der Waals surface area contributed by atoms with Gasteiger partial charge in [0.25, 0.3) is 0 Å². The van der Waals surface area contributed by atoms with E-state index < -0.39 is 10.0 Å². The summed E-state index contributed by atoms with van der Waals surface area (Å²) in [6.07, 6.45) is 1.80. The van der Waals surface area contributed by atoms with Crippen LogP contribution in [0.4, 0.5) is 5.69 Å². The molecular weight excluding hydrogens is 428 g/mol. The van der Waals surface area contributed by atoms with E-state index in [0.29, 0.717) is 36.8 Å². The molecule has 3 aromatic rings. The maximum Gasteiger partial charge on any atom is 0.232 e. The molecule has 0 spiro atoms. The first-order valence-electron chi connectivity index (χ1n) is 10.4. The molecule has 0 fully saturated rings. The van der Waals surface area contributed by atoms with Gasteiger partial charge in [-0.25, -0.2) is 8.42 Å². The number of amides is 1. The van der Waals surface area contributed by atoms with Crippen LogP contribution in [-0.4, -0.2) is 47.4 Å². The van der Waals surface area contributed by atoms with E-state index in [1.807, 2.05) is 54.6 Å². The van der Waals surface area contributed by atoms with Crippen molar-refractivity contribution in [1.29, 1.82) is 0 Å². The number of hydrogen-bond donors (Lipinski definition) is 1. The van der Waals surface area contributed by atoms with Crippen LogP contribution in [-0.2, 0) is 14.8 Å². The van der Waals surface area contributed by atoms with Crippen LogP contribution in [0.1, 0.15) is 12.8 Å². The lowest BCUT2D eigenvalue weighted by atomic mass is 10.1. The number of sulfonamides is 1. The first-order valence-corrected chi connectivity index (χ1v) is 12.2. The molecule has 1 amide bonds. The number of nitrogens with one attached hydrogen (secondary N) is 1. The predicted octanol–water partition coefficient (Wildman–Crippen LogP) is 3.59. The average Bonchev–Trinajstić information content (AvgIpc) is 2.78. The number of anilines is 1. The Bertz CT molecular complexity index is 1160. The van der Waals surface area contributed by atoms with Crippen molar-refractivity contribution in [1.82, 2.24) is 5.32 Å². The van der Waals surface area contributed by atoms with Crippen molar-refractivity contribution < 1.29 is 22.7 Å². The van der Waals surface area contributed by atoms with Gasteiger partial charge in [0.2, 0.25) is 15.9 Å². The number of rotatable bonds is 11. The van der Waals surface area contributed by atoms with E-state index >= 15 is 0 Å². The molecule has 3 aromatic carbocycles. The van der Waals surface area contributed by atoms with Crippen molar-refractivity contribution in [3.63, 3.8) is 0 Å². The molecule has 8 heteroatoms. The molecule has 0 aliphatic heterocycles. The fourth-order valence-electron chi connectivity index (χ4n) is 3.34. The van der Waals surface area contributed by atoms with Gasteiger partial charge in [0, 0.05) is 19.0 Å². The lowest BCUT2D eigenvalue weighted by molar-refractivity contribution is -0.121. The second kappa shape index (κ2) is 10.9. The fourth-order valence-corrected chi connectivity index (χ4v) is 4.30. The number of nitrogens with zero attached hydrogens (tertiary/aromatic N) is 1. The minimum atomic E-state index is -3.47. The number of carbonyl (C=O) groups is 1. The van der Waals surface area contributed by atoms with Gasteiger partial charge in [0.1, 0.15) is 18.1 Å². The highest BCUT2D eigenvalue weighted by Gasteiger charge is 2.18. The lowest BCUT2D eigenvalue weighted by Crippen LogP contribution is -2.32. The number of benzene rings is 3. The minimum Gasteiger partial charge on any atom is -0.497 e. The molecule has 32 heavy (non-hydrogen) atoms. The Balaban J connectivity index is 1.47. The second-order valence-electron chi connectivity index (χ2n) is 7.35. The van der Waals surface area contributed by atoms with Crippen molar-refractivity contribution in [2.75, 3.05) is 37.4 Å². The highest BCUT2D eigenvalue weighted by Crippen LogP contribution is 2.24. The molecule has 0 atom stereocenters. The zero-order valence-corrected chi connectivity index (χ0v) is 19.1. The SMILES string of the molecule is COc1cccc(OCCNC(=O)CCCN(c2ccc3ccccc3c2)S(C)(=O)=O)c1. The van der Waals surface area contributed by atoms with Crippen molar-refractivity contribution in [2.24, 2.45) is 0 Å². The highest BCUT2D eigenvalue weighted by molar-refractivity contribution is 7.92. The molecule has 7 nitrogen and oxygen atoms in total. The van der Waals surface area contributed by atoms with E-state index in [1.54, 1.807) is 19.2 Å². The summed E-state index contributed by atoms with van der Waals surface area (Å²) in [5.41, 5.74) is 0.596. The van der Waals surface area contributed by atoms with Crippen LogP contribution >= 0.6 is 0 Å². The zero-order valence-electron chi connectivity index (χ0n) is 18.3. The first-order chi connectivity index (χ1) is 15.4. The van der Waals surface area contributed by atoms with E-state index in [2.05, 4.69) is 5.32 Å². The third-order valence-electron chi connectivity index (χ3n) is 4.92. The van der Waals surface area contributed by atoms with Gasteiger partial charge in [-0.1, -0.05) is 36.4 Å². The summed E-state index contributed by atoms with van der Waals surface area (Å²) in [6, 6.07) is 20.6. The molecule has 0 aromatic heterocycles. The predicted molar refractivity (Wildman–Crippen MR) is 127 cm³/mol. The average molecular weight is 457 g/mol. The quantitative estimate of drug-likeness (QED) is 0.446. The Kier molecular flexibility index (Phi) is 7.94. The number of hydrogen-bond acceptors (Lipinski definition) is 5. The van der Waals surface area contributed by atoms with Crippen molar-refractivity contribution in [3.8, 4) is 11.5 Å². The topological polar surface area (TPSA) is 84.9 Å². The summed E-state index contributed by atoms with van der Waals surface area (Å²) >= 11 is 0. The van der Waals surface area contributed by atoms with E-state index in [9.17, 15) is 13.2 Å². The van der Waals surface area contributed by atoms with Gasteiger partial charge in [-0.3, -0.25) is 9.10 Å². The van der Waals surface area contributed by atoms with Crippen LogP contribution < -0.4 is 19.1 Å².